The van der Waals surface area contributed by atoms with Gasteiger partial charge >= 0.3 is 6.09 Å². The first-order valence-corrected chi connectivity index (χ1v) is 3.42. The third kappa shape index (κ3) is 1.60. The lowest BCUT2D eigenvalue weighted by Crippen LogP contribution is -2.34. The lowest BCUT2D eigenvalue weighted by Gasteiger charge is -2.13. The van der Waals surface area contributed by atoms with Gasteiger partial charge in [-0.05, 0) is 19.3 Å². The van der Waals surface area contributed by atoms with Crippen molar-refractivity contribution in [1.82, 2.24) is 0 Å². The van der Waals surface area contributed by atoms with Crippen LogP contribution >= 0.6 is 0 Å². The van der Waals surface area contributed by atoms with E-state index in [1.807, 2.05) is 0 Å². The fraction of sp³-hybridized carbons (Fsp3) is 0.833. The van der Waals surface area contributed by atoms with Crippen molar-refractivity contribution in [2.75, 3.05) is 0 Å². The summed E-state index contributed by atoms with van der Waals surface area (Å²) >= 11 is 0. The van der Waals surface area contributed by atoms with Crippen LogP contribution in [0.3, 0.4) is 0 Å². The SMILES string of the molecule is NC(=O)O[C@@H]1CCC[C@H]1N. The van der Waals surface area contributed by atoms with E-state index >= 15 is 0 Å². The largest absolute Gasteiger partial charge is 0.445 e. The Morgan fingerprint density at radius 1 is 1.50 bits per heavy atom. The van der Waals surface area contributed by atoms with Gasteiger partial charge in [0.1, 0.15) is 6.10 Å². The molecule has 0 aromatic carbocycles. The molecule has 0 spiro atoms. The molecule has 58 valence electrons. The van der Waals surface area contributed by atoms with Crippen LogP contribution in [0.5, 0.6) is 0 Å². The van der Waals surface area contributed by atoms with Crippen LogP contribution in [0.2, 0.25) is 0 Å². The Morgan fingerprint density at radius 2 is 2.20 bits per heavy atom. The second-order valence-corrected chi connectivity index (χ2v) is 2.57. The highest BCUT2D eigenvalue weighted by Crippen LogP contribution is 2.19. The molecule has 0 aliphatic heterocycles. The zero-order valence-electron chi connectivity index (χ0n) is 5.75. The molecule has 0 heterocycles. The van der Waals surface area contributed by atoms with Crippen molar-refractivity contribution in [1.29, 1.82) is 0 Å². The zero-order chi connectivity index (χ0) is 7.56. The van der Waals surface area contributed by atoms with Gasteiger partial charge in [0.2, 0.25) is 0 Å². The monoisotopic (exact) mass is 144 g/mol. The summed E-state index contributed by atoms with van der Waals surface area (Å²) in [6.07, 6.45) is 1.95. The van der Waals surface area contributed by atoms with E-state index in [-0.39, 0.29) is 12.1 Å². The van der Waals surface area contributed by atoms with Crippen LogP contribution in [0.4, 0.5) is 4.79 Å². The average molecular weight is 144 g/mol. The van der Waals surface area contributed by atoms with Crippen LogP contribution in [0, 0.1) is 0 Å². The van der Waals surface area contributed by atoms with E-state index in [4.69, 9.17) is 16.2 Å². The van der Waals surface area contributed by atoms with Gasteiger partial charge in [-0.3, -0.25) is 0 Å². The Bertz CT molecular complexity index is 138. The first kappa shape index (κ1) is 7.34. The summed E-state index contributed by atoms with van der Waals surface area (Å²) in [4.78, 5) is 10.2. The van der Waals surface area contributed by atoms with Crippen LogP contribution in [-0.2, 0) is 4.74 Å². The number of ether oxygens (including phenoxy) is 1. The first-order chi connectivity index (χ1) is 4.70. The number of carbonyl (C=O) groups excluding carboxylic acids is 1. The molecule has 0 aromatic rings. The molecule has 1 rings (SSSR count). The van der Waals surface area contributed by atoms with Crippen LogP contribution in [0.15, 0.2) is 0 Å². The van der Waals surface area contributed by atoms with E-state index in [0.29, 0.717) is 0 Å². The maximum absolute atomic E-state index is 10.2. The molecule has 1 fully saturated rings. The highest BCUT2D eigenvalue weighted by atomic mass is 16.6. The Kier molecular flexibility index (Phi) is 2.11. The van der Waals surface area contributed by atoms with Crippen LogP contribution < -0.4 is 11.5 Å². The summed E-state index contributed by atoms with van der Waals surface area (Å²) in [6.45, 7) is 0. The van der Waals surface area contributed by atoms with E-state index in [1.165, 1.54) is 0 Å². The minimum Gasteiger partial charge on any atom is -0.445 e. The second-order valence-electron chi connectivity index (χ2n) is 2.57. The predicted octanol–water partition coefficient (Wildman–Crippen LogP) is -0.0385. The first-order valence-electron chi connectivity index (χ1n) is 3.42. The van der Waals surface area contributed by atoms with E-state index in [0.717, 1.165) is 19.3 Å². The van der Waals surface area contributed by atoms with Gasteiger partial charge in [0.15, 0.2) is 0 Å². The number of rotatable bonds is 1. The fourth-order valence-electron chi connectivity index (χ4n) is 1.25. The number of primary amides is 1. The number of carbonyl (C=O) groups is 1. The smallest absolute Gasteiger partial charge is 0.404 e. The van der Waals surface area contributed by atoms with E-state index < -0.39 is 6.09 Å². The lowest BCUT2D eigenvalue weighted by molar-refractivity contribution is 0.101. The number of hydrogen-bond donors (Lipinski definition) is 2. The Balaban J connectivity index is 2.33. The third-order valence-corrected chi connectivity index (χ3v) is 1.77. The highest BCUT2D eigenvalue weighted by Gasteiger charge is 2.26. The fourth-order valence-corrected chi connectivity index (χ4v) is 1.25. The second kappa shape index (κ2) is 2.88. The number of hydrogen-bond acceptors (Lipinski definition) is 3. The van der Waals surface area contributed by atoms with E-state index in [1.54, 1.807) is 0 Å². The molecule has 1 aliphatic rings. The summed E-state index contributed by atoms with van der Waals surface area (Å²) in [5, 5.41) is 0. The normalized spacial score (nSPS) is 32.1. The predicted molar refractivity (Wildman–Crippen MR) is 36.3 cm³/mol. The quantitative estimate of drug-likeness (QED) is 0.542. The minimum absolute atomic E-state index is 0.00694. The van der Waals surface area contributed by atoms with Gasteiger partial charge in [0.05, 0.1) is 0 Å². The van der Waals surface area contributed by atoms with Crippen molar-refractivity contribution in [3.05, 3.63) is 0 Å². The third-order valence-electron chi connectivity index (χ3n) is 1.77. The Labute approximate surface area is 59.5 Å². The van der Waals surface area contributed by atoms with Gasteiger partial charge in [0.25, 0.3) is 0 Å². The summed E-state index contributed by atoms with van der Waals surface area (Å²) < 4.78 is 4.74. The van der Waals surface area contributed by atoms with Crippen molar-refractivity contribution in [3.63, 3.8) is 0 Å². The molecule has 0 unspecified atom stereocenters. The number of amides is 1. The lowest BCUT2D eigenvalue weighted by atomic mass is 10.2. The van der Waals surface area contributed by atoms with Gasteiger partial charge in [-0.2, -0.15) is 0 Å². The standard InChI is InChI=1S/C6H12N2O2/c7-4-2-1-3-5(4)10-6(8)9/h4-5H,1-3,7H2,(H2,8,9)/t4-,5-/m1/s1. The summed E-state index contributed by atoms with van der Waals surface area (Å²) in [5.74, 6) is 0. The Hall–Kier alpha value is -0.770. The molecular weight excluding hydrogens is 132 g/mol. The van der Waals surface area contributed by atoms with Crippen molar-refractivity contribution < 1.29 is 9.53 Å². The molecule has 1 saturated carbocycles. The van der Waals surface area contributed by atoms with Crippen molar-refractivity contribution >= 4 is 6.09 Å². The molecule has 4 heteroatoms. The van der Waals surface area contributed by atoms with Gasteiger partial charge in [-0.25, -0.2) is 4.79 Å². The molecule has 0 bridgehead atoms. The van der Waals surface area contributed by atoms with Gasteiger partial charge in [0, 0.05) is 6.04 Å². The molecule has 2 atom stereocenters. The van der Waals surface area contributed by atoms with Crippen molar-refractivity contribution in [2.24, 2.45) is 11.5 Å². The maximum Gasteiger partial charge on any atom is 0.404 e. The summed E-state index contributed by atoms with van der Waals surface area (Å²) in [6, 6.07) is -0.00694. The Morgan fingerprint density at radius 3 is 2.60 bits per heavy atom. The molecule has 4 N–H and O–H groups in total. The van der Waals surface area contributed by atoms with Crippen molar-refractivity contribution in [3.8, 4) is 0 Å². The molecular formula is C6H12N2O2. The minimum atomic E-state index is -0.720. The van der Waals surface area contributed by atoms with Crippen LogP contribution in [0.25, 0.3) is 0 Å². The van der Waals surface area contributed by atoms with Gasteiger partial charge in [-0.15, -0.1) is 0 Å². The van der Waals surface area contributed by atoms with Gasteiger partial charge in [-0.1, -0.05) is 0 Å². The molecule has 0 aromatic heterocycles. The average Bonchev–Trinajstić information content (AvgIpc) is 2.15. The van der Waals surface area contributed by atoms with Gasteiger partial charge < -0.3 is 16.2 Å². The highest BCUT2D eigenvalue weighted by molar-refractivity contribution is 5.64. The molecule has 1 amide bonds. The molecule has 0 radical (unpaired) electrons. The topological polar surface area (TPSA) is 78.3 Å². The molecule has 4 nitrogen and oxygen atoms in total. The van der Waals surface area contributed by atoms with Crippen LogP contribution in [-0.4, -0.2) is 18.2 Å². The maximum atomic E-state index is 10.2. The summed E-state index contributed by atoms with van der Waals surface area (Å²) in [5.41, 5.74) is 10.4. The number of nitrogens with two attached hydrogens (primary N) is 2. The van der Waals surface area contributed by atoms with E-state index in [9.17, 15) is 4.79 Å². The molecule has 1 aliphatic carbocycles. The zero-order valence-corrected chi connectivity index (χ0v) is 5.75. The molecule has 0 saturated heterocycles. The molecule has 10 heavy (non-hydrogen) atoms. The van der Waals surface area contributed by atoms with Crippen LogP contribution in [0.1, 0.15) is 19.3 Å². The van der Waals surface area contributed by atoms with E-state index in [2.05, 4.69) is 0 Å². The van der Waals surface area contributed by atoms with Crippen molar-refractivity contribution in [2.45, 2.75) is 31.4 Å². The summed E-state index contributed by atoms with van der Waals surface area (Å²) in [7, 11) is 0.